The Labute approximate surface area is 90.0 Å². The van der Waals surface area contributed by atoms with Crippen molar-refractivity contribution in [1.82, 2.24) is 5.32 Å². The maximum Gasteiger partial charge on any atom is 0.312 e. The minimum Gasteiger partial charge on any atom is -0.393 e. The second-order valence-corrected chi connectivity index (χ2v) is 4.17. The van der Waals surface area contributed by atoms with E-state index in [4.69, 9.17) is 10.5 Å². The van der Waals surface area contributed by atoms with Crippen LogP contribution in [0.25, 0.3) is 0 Å². The first-order chi connectivity index (χ1) is 7.08. The van der Waals surface area contributed by atoms with Crippen LogP contribution < -0.4 is 11.1 Å². The van der Waals surface area contributed by atoms with Gasteiger partial charge in [-0.3, -0.25) is 0 Å². The van der Waals surface area contributed by atoms with Gasteiger partial charge in [0.15, 0.2) is 0 Å². The molecule has 5 nitrogen and oxygen atoms in total. The lowest BCUT2D eigenvalue weighted by Crippen LogP contribution is -2.40. The van der Waals surface area contributed by atoms with Gasteiger partial charge in [0.2, 0.25) is 0 Å². The Morgan fingerprint density at radius 3 is 2.67 bits per heavy atom. The maximum atomic E-state index is 10.5. The predicted octanol–water partition coefficient (Wildman–Crippen LogP) is 0.363. The van der Waals surface area contributed by atoms with Gasteiger partial charge in [0.1, 0.15) is 0 Å². The summed E-state index contributed by atoms with van der Waals surface area (Å²) >= 11 is 0. The number of aliphatic hydroxyl groups is 1. The summed E-state index contributed by atoms with van der Waals surface area (Å²) in [5, 5.41) is 11.8. The molecule has 1 atom stereocenters. The van der Waals surface area contributed by atoms with E-state index in [2.05, 4.69) is 5.32 Å². The molecule has 1 rings (SSSR count). The summed E-state index contributed by atoms with van der Waals surface area (Å²) < 4.78 is 5.61. The minimum absolute atomic E-state index is 0.0608. The minimum atomic E-state index is -0.523. The zero-order valence-corrected chi connectivity index (χ0v) is 9.11. The molecular weight excluding hydrogens is 196 g/mol. The smallest absolute Gasteiger partial charge is 0.312 e. The van der Waals surface area contributed by atoms with Crippen molar-refractivity contribution in [1.29, 1.82) is 0 Å². The second kappa shape index (κ2) is 5.92. The fourth-order valence-electron chi connectivity index (χ4n) is 1.78. The van der Waals surface area contributed by atoms with Crippen LogP contribution in [0.4, 0.5) is 4.79 Å². The highest BCUT2D eigenvalue weighted by molar-refractivity contribution is 5.71. The van der Waals surface area contributed by atoms with Gasteiger partial charge >= 0.3 is 6.03 Å². The van der Waals surface area contributed by atoms with E-state index in [9.17, 15) is 9.90 Å². The second-order valence-electron chi connectivity index (χ2n) is 4.17. The molecule has 0 aliphatic heterocycles. The van der Waals surface area contributed by atoms with Gasteiger partial charge in [0.25, 0.3) is 0 Å². The maximum absolute atomic E-state index is 10.5. The Morgan fingerprint density at radius 2 is 2.13 bits per heavy atom. The van der Waals surface area contributed by atoms with E-state index in [0.29, 0.717) is 6.61 Å². The Hall–Kier alpha value is -0.810. The van der Waals surface area contributed by atoms with Crippen LogP contribution in [-0.4, -0.2) is 36.0 Å². The molecule has 0 unspecified atom stereocenters. The third-order valence-electron chi connectivity index (χ3n) is 2.61. The van der Waals surface area contributed by atoms with Crippen LogP contribution in [0, 0.1) is 0 Å². The Balaban J connectivity index is 2.11. The zero-order valence-electron chi connectivity index (χ0n) is 9.11. The molecule has 5 heteroatoms. The summed E-state index contributed by atoms with van der Waals surface area (Å²) in [6.07, 6.45) is 3.45. The van der Waals surface area contributed by atoms with Gasteiger partial charge in [-0.15, -0.1) is 0 Å². The van der Waals surface area contributed by atoms with Crippen molar-refractivity contribution in [3.63, 3.8) is 0 Å². The molecule has 15 heavy (non-hydrogen) atoms. The molecular formula is C10H20N2O3. The number of ether oxygens (including phenoxy) is 1. The average Bonchev–Trinajstić information content (AvgIpc) is 2.16. The van der Waals surface area contributed by atoms with Crippen LogP contribution in [0.1, 0.15) is 32.6 Å². The number of nitrogens with one attached hydrogen (secondary N) is 1. The number of hydrogen-bond acceptors (Lipinski definition) is 3. The molecule has 2 amide bonds. The molecule has 1 fully saturated rings. The molecule has 1 aliphatic rings. The number of rotatable bonds is 4. The fourth-order valence-corrected chi connectivity index (χ4v) is 1.78. The SMILES string of the molecule is C[C@@H](COC1CCC(O)CC1)NC(N)=O. The van der Waals surface area contributed by atoms with E-state index in [1.165, 1.54) is 0 Å². The third-order valence-corrected chi connectivity index (χ3v) is 2.61. The van der Waals surface area contributed by atoms with Gasteiger partial charge in [-0.1, -0.05) is 0 Å². The molecule has 0 saturated heterocycles. The van der Waals surface area contributed by atoms with Crippen molar-refractivity contribution in [3.05, 3.63) is 0 Å². The molecule has 0 heterocycles. The lowest BCUT2D eigenvalue weighted by Gasteiger charge is -2.26. The van der Waals surface area contributed by atoms with Crippen molar-refractivity contribution < 1.29 is 14.6 Å². The van der Waals surface area contributed by atoms with Crippen LogP contribution in [0.3, 0.4) is 0 Å². The molecule has 0 aromatic carbocycles. The molecule has 0 spiro atoms. The highest BCUT2D eigenvalue weighted by Crippen LogP contribution is 2.20. The lowest BCUT2D eigenvalue weighted by molar-refractivity contribution is -0.00880. The Kier molecular flexibility index (Phi) is 4.84. The van der Waals surface area contributed by atoms with Gasteiger partial charge < -0.3 is 20.9 Å². The molecule has 1 aliphatic carbocycles. The fraction of sp³-hybridized carbons (Fsp3) is 0.900. The van der Waals surface area contributed by atoms with Gasteiger partial charge in [0.05, 0.1) is 24.9 Å². The normalized spacial score (nSPS) is 28.4. The molecule has 1 saturated carbocycles. The molecule has 0 radical (unpaired) electrons. The molecule has 0 aromatic heterocycles. The van der Waals surface area contributed by atoms with Gasteiger partial charge in [-0.05, 0) is 32.6 Å². The van der Waals surface area contributed by atoms with Crippen LogP contribution in [0.5, 0.6) is 0 Å². The van der Waals surface area contributed by atoms with E-state index in [-0.39, 0.29) is 18.2 Å². The molecule has 0 bridgehead atoms. The van der Waals surface area contributed by atoms with Crippen molar-refractivity contribution in [2.24, 2.45) is 5.73 Å². The van der Waals surface area contributed by atoms with Crippen LogP contribution in [-0.2, 0) is 4.74 Å². The van der Waals surface area contributed by atoms with Crippen LogP contribution in [0.15, 0.2) is 0 Å². The van der Waals surface area contributed by atoms with Gasteiger partial charge in [-0.25, -0.2) is 4.79 Å². The first kappa shape index (κ1) is 12.3. The molecule has 0 aromatic rings. The standard InChI is InChI=1S/C10H20N2O3/c1-7(12-10(11)14)6-15-9-4-2-8(13)3-5-9/h7-9,13H,2-6H2,1H3,(H3,11,12,14)/t7-,8?,9?/m0/s1. The number of carbonyl (C=O) groups excluding carboxylic acids is 1. The highest BCUT2D eigenvalue weighted by Gasteiger charge is 2.20. The first-order valence-electron chi connectivity index (χ1n) is 5.43. The average molecular weight is 216 g/mol. The van der Waals surface area contributed by atoms with E-state index in [1.807, 2.05) is 6.92 Å². The summed E-state index contributed by atoms with van der Waals surface area (Å²) in [5.41, 5.74) is 4.98. The summed E-state index contributed by atoms with van der Waals surface area (Å²) in [7, 11) is 0. The third kappa shape index (κ3) is 4.99. The van der Waals surface area contributed by atoms with Crippen LogP contribution >= 0.6 is 0 Å². The summed E-state index contributed by atoms with van der Waals surface area (Å²) in [6.45, 7) is 2.33. The Morgan fingerprint density at radius 1 is 1.53 bits per heavy atom. The van der Waals surface area contributed by atoms with Crippen molar-refractivity contribution in [2.75, 3.05) is 6.61 Å². The number of aliphatic hydroxyl groups excluding tert-OH is 1. The zero-order chi connectivity index (χ0) is 11.3. The first-order valence-corrected chi connectivity index (χ1v) is 5.43. The Bertz CT molecular complexity index is 203. The lowest BCUT2D eigenvalue weighted by atomic mass is 9.95. The quantitative estimate of drug-likeness (QED) is 0.634. The van der Waals surface area contributed by atoms with Gasteiger partial charge in [-0.2, -0.15) is 0 Å². The summed E-state index contributed by atoms with van der Waals surface area (Å²) in [6, 6.07) is -0.584. The van der Waals surface area contributed by atoms with E-state index in [1.54, 1.807) is 0 Å². The number of primary amides is 1. The topological polar surface area (TPSA) is 84.6 Å². The number of urea groups is 1. The van der Waals surface area contributed by atoms with Gasteiger partial charge in [0, 0.05) is 0 Å². The van der Waals surface area contributed by atoms with Crippen molar-refractivity contribution in [3.8, 4) is 0 Å². The van der Waals surface area contributed by atoms with Crippen LogP contribution in [0.2, 0.25) is 0 Å². The summed E-state index contributed by atoms with van der Waals surface area (Å²) in [5.74, 6) is 0. The van der Waals surface area contributed by atoms with Crippen molar-refractivity contribution in [2.45, 2.75) is 50.9 Å². The van der Waals surface area contributed by atoms with E-state index < -0.39 is 6.03 Å². The summed E-state index contributed by atoms with van der Waals surface area (Å²) in [4.78, 5) is 10.5. The van der Waals surface area contributed by atoms with E-state index in [0.717, 1.165) is 25.7 Å². The van der Waals surface area contributed by atoms with Crippen molar-refractivity contribution >= 4 is 6.03 Å². The number of hydrogen-bond donors (Lipinski definition) is 3. The molecule has 4 N–H and O–H groups in total. The number of nitrogens with two attached hydrogens (primary N) is 1. The largest absolute Gasteiger partial charge is 0.393 e. The molecule has 88 valence electrons. The predicted molar refractivity (Wildman–Crippen MR) is 56.4 cm³/mol. The number of amides is 2. The van der Waals surface area contributed by atoms with E-state index >= 15 is 0 Å². The number of carbonyl (C=O) groups is 1. The highest BCUT2D eigenvalue weighted by atomic mass is 16.5. The monoisotopic (exact) mass is 216 g/mol.